The van der Waals surface area contributed by atoms with Gasteiger partial charge in [-0.15, -0.1) is 20.4 Å². The van der Waals surface area contributed by atoms with Gasteiger partial charge >= 0.3 is 0 Å². The summed E-state index contributed by atoms with van der Waals surface area (Å²) in [7, 11) is 0. The molecule has 5 rings (SSSR count). The van der Waals surface area contributed by atoms with E-state index in [2.05, 4.69) is 31.0 Å². The molecule has 162 valence electrons. The lowest BCUT2D eigenvalue weighted by Gasteiger charge is -2.31. The van der Waals surface area contributed by atoms with E-state index in [9.17, 15) is 4.39 Å². The third-order valence-corrected chi connectivity index (χ3v) is 6.39. The van der Waals surface area contributed by atoms with Gasteiger partial charge in [0.1, 0.15) is 5.82 Å². The zero-order valence-electron chi connectivity index (χ0n) is 16.5. The van der Waals surface area contributed by atoms with Gasteiger partial charge in [0.05, 0.1) is 10.7 Å². The predicted molar refractivity (Wildman–Crippen MR) is 116 cm³/mol. The summed E-state index contributed by atoms with van der Waals surface area (Å²) in [5.41, 5.74) is 1.80. The van der Waals surface area contributed by atoms with Crippen LogP contribution in [0.2, 0.25) is 10.0 Å². The number of fused-ring (bicyclic) bond motifs is 1. The highest BCUT2D eigenvalue weighted by Crippen LogP contribution is 2.35. The van der Waals surface area contributed by atoms with Gasteiger partial charge in [-0.2, -0.15) is 0 Å². The van der Waals surface area contributed by atoms with Crippen LogP contribution in [0.3, 0.4) is 0 Å². The number of benzene rings is 1. The Bertz CT molecular complexity index is 1100. The molecule has 1 saturated heterocycles. The molecule has 0 spiro atoms. The van der Waals surface area contributed by atoms with E-state index in [1.165, 1.54) is 12.1 Å². The number of nitrogens with zero attached hydrogens (tertiary/aromatic N) is 5. The number of halogens is 3. The number of piperidine rings is 1. The van der Waals surface area contributed by atoms with E-state index in [-0.39, 0.29) is 10.9 Å². The van der Waals surface area contributed by atoms with Crippen LogP contribution in [-0.2, 0) is 6.54 Å². The van der Waals surface area contributed by atoms with Gasteiger partial charge in [-0.25, -0.2) is 4.39 Å². The molecule has 2 aliphatic rings. The summed E-state index contributed by atoms with van der Waals surface area (Å²) in [6.45, 7) is 3.52. The fourth-order valence-electron chi connectivity index (χ4n) is 3.92. The van der Waals surface area contributed by atoms with Crippen LogP contribution in [0.15, 0.2) is 22.6 Å². The molecule has 2 N–H and O–H groups in total. The number of aromatic nitrogens is 4. The molecular formula is C20H20Cl2FN7O. The van der Waals surface area contributed by atoms with Gasteiger partial charge < -0.3 is 20.0 Å². The third-order valence-electron chi connectivity index (χ3n) is 5.62. The molecular weight excluding hydrogens is 444 g/mol. The van der Waals surface area contributed by atoms with Gasteiger partial charge in [-0.3, -0.25) is 0 Å². The van der Waals surface area contributed by atoms with Crippen LogP contribution in [0.5, 0.6) is 0 Å². The molecule has 11 heteroatoms. The average molecular weight is 464 g/mol. The summed E-state index contributed by atoms with van der Waals surface area (Å²) in [5.74, 6) is 1.34. The van der Waals surface area contributed by atoms with E-state index in [0.29, 0.717) is 53.5 Å². The van der Waals surface area contributed by atoms with E-state index >= 15 is 0 Å². The van der Waals surface area contributed by atoms with Gasteiger partial charge in [0, 0.05) is 36.1 Å². The van der Waals surface area contributed by atoms with Crippen molar-refractivity contribution in [1.29, 1.82) is 0 Å². The Hall–Kier alpha value is -2.49. The molecule has 31 heavy (non-hydrogen) atoms. The molecule has 0 atom stereocenters. The molecule has 1 fully saturated rings. The van der Waals surface area contributed by atoms with Gasteiger partial charge in [-0.1, -0.05) is 23.2 Å². The molecule has 2 aliphatic heterocycles. The lowest BCUT2D eigenvalue weighted by molar-refractivity contribution is 0.378. The fourth-order valence-corrected chi connectivity index (χ4v) is 4.41. The molecule has 4 heterocycles. The molecule has 0 radical (unpaired) electrons. The third kappa shape index (κ3) is 4.05. The molecule has 0 aliphatic carbocycles. The minimum atomic E-state index is -0.499. The molecule has 0 unspecified atom stereocenters. The fraction of sp³-hybridized carbons (Fsp3) is 0.400. The Morgan fingerprint density at radius 2 is 1.94 bits per heavy atom. The second-order valence-electron chi connectivity index (χ2n) is 7.60. The zero-order chi connectivity index (χ0) is 21.4. The van der Waals surface area contributed by atoms with Crippen LogP contribution in [0.1, 0.15) is 30.2 Å². The van der Waals surface area contributed by atoms with Crippen molar-refractivity contribution in [1.82, 2.24) is 25.7 Å². The largest absolute Gasteiger partial charge is 0.419 e. The molecule has 0 bridgehead atoms. The Labute approximate surface area is 188 Å². The second kappa shape index (κ2) is 8.57. The maximum absolute atomic E-state index is 14.0. The van der Waals surface area contributed by atoms with E-state index in [1.807, 2.05) is 11.0 Å². The predicted octanol–water partition coefficient (Wildman–Crippen LogP) is 3.87. The number of hydrogen-bond donors (Lipinski definition) is 2. The first-order valence-corrected chi connectivity index (χ1v) is 10.9. The molecule has 3 aromatic rings. The van der Waals surface area contributed by atoms with Crippen molar-refractivity contribution in [2.75, 3.05) is 36.4 Å². The van der Waals surface area contributed by atoms with Crippen LogP contribution in [-0.4, -0.2) is 46.6 Å². The van der Waals surface area contributed by atoms with Gasteiger partial charge in [0.15, 0.2) is 11.5 Å². The van der Waals surface area contributed by atoms with E-state index in [0.717, 1.165) is 31.6 Å². The topological polar surface area (TPSA) is 92.0 Å². The van der Waals surface area contributed by atoms with Crippen molar-refractivity contribution in [3.05, 3.63) is 45.5 Å². The molecule has 0 amide bonds. The summed E-state index contributed by atoms with van der Waals surface area (Å²) in [4.78, 5) is 2.03. The first-order chi connectivity index (χ1) is 15.1. The average Bonchev–Trinajstić information content (AvgIpc) is 3.30. The summed E-state index contributed by atoms with van der Waals surface area (Å²) in [6, 6.07) is 4.62. The van der Waals surface area contributed by atoms with Gasteiger partial charge in [0.25, 0.3) is 5.89 Å². The van der Waals surface area contributed by atoms with E-state index < -0.39 is 5.82 Å². The Kier molecular flexibility index (Phi) is 5.64. The highest BCUT2D eigenvalue weighted by molar-refractivity contribution is 6.36. The number of anilines is 2. The highest BCUT2D eigenvalue weighted by atomic mass is 35.5. The summed E-state index contributed by atoms with van der Waals surface area (Å²) >= 11 is 12.5. The molecule has 8 nitrogen and oxygen atoms in total. The Morgan fingerprint density at radius 1 is 1.10 bits per heavy atom. The van der Waals surface area contributed by atoms with Gasteiger partial charge in [0.2, 0.25) is 5.89 Å². The SMILES string of the molecule is Fc1ccc(Cl)c(CN2CCNc3nnc(-c4nnc(C5CCNCC5)o4)cc32)c1Cl. The Morgan fingerprint density at radius 3 is 2.77 bits per heavy atom. The van der Waals surface area contributed by atoms with Gasteiger partial charge in [-0.05, 0) is 44.1 Å². The van der Waals surface area contributed by atoms with E-state index in [4.69, 9.17) is 27.6 Å². The van der Waals surface area contributed by atoms with Crippen LogP contribution < -0.4 is 15.5 Å². The number of rotatable bonds is 4. The van der Waals surface area contributed by atoms with Crippen molar-refractivity contribution in [2.24, 2.45) is 0 Å². The smallest absolute Gasteiger partial charge is 0.268 e. The van der Waals surface area contributed by atoms with Crippen LogP contribution in [0.4, 0.5) is 15.9 Å². The maximum atomic E-state index is 14.0. The minimum Gasteiger partial charge on any atom is -0.419 e. The highest BCUT2D eigenvalue weighted by Gasteiger charge is 2.25. The molecule has 1 aromatic carbocycles. The first-order valence-electron chi connectivity index (χ1n) is 10.1. The second-order valence-corrected chi connectivity index (χ2v) is 8.39. The first kappa shape index (κ1) is 20.4. The van der Waals surface area contributed by atoms with Crippen molar-refractivity contribution >= 4 is 34.7 Å². The summed E-state index contributed by atoms with van der Waals surface area (Å²) < 4.78 is 19.9. The van der Waals surface area contributed by atoms with Crippen molar-refractivity contribution in [2.45, 2.75) is 25.3 Å². The zero-order valence-corrected chi connectivity index (χ0v) is 18.0. The van der Waals surface area contributed by atoms with Crippen LogP contribution in [0, 0.1) is 5.82 Å². The van der Waals surface area contributed by atoms with Crippen molar-refractivity contribution < 1.29 is 8.81 Å². The number of nitrogens with one attached hydrogen (secondary N) is 2. The van der Waals surface area contributed by atoms with Crippen molar-refractivity contribution in [3.8, 4) is 11.6 Å². The monoisotopic (exact) mass is 463 g/mol. The van der Waals surface area contributed by atoms with Crippen LogP contribution >= 0.6 is 23.2 Å². The number of hydrogen-bond acceptors (Lipinski definition) is 8. The van der Waals surface area contributed by atoms with Crippen molar-refractivity contribution in [3.63, 3.8) is 0 Å². The quantitative estimate of drug-likeness (QED) is 0.563. The summed E-state index contributed by atoms with van der Waals surface area (Å²) in [5, 5.41) is 24.0. The lowest BCUT2D eigenvalue weighted by Crippen LogP contribution is -2.34. The summed E-state index contributed by atoms with van der Waals surface area (Å²) in [6.07, 6.45) is 1.93. The standard InChI is InChI=1S/C20H20Cl2FN7O/c21-13-1-2-14(23)17(22)12(13)10-30-8-7-25-18-16(30)9-15(26-27-18)20-29-28-19(31-20)11-3-5-24-6-4-11/h1-2,9,11,24H,3-8,10H2,(H,25,27). The Balaban J connectivity index is 1.44. The van der Waals surface area contributed by atoms with E-state index in [1.54, 1.807) is 0 Å². The minimum absolute atomic E-state index is 0.0262. The molecule has 2 aromatic heterocycles. The normalized spacial score (nSPS) is 16.8. The lowest BCUT2D eigenvalue weighted by atomic mass is 9.98. The van der Waals surface area contributed by atoms with Crippen LogP contribution in [0.25, 0.3) is 11.6 Å². The molecule has 0 saturated carbocycles. The maximum Gasteiger partial charge on any atom is 0.268 e.